The van der Waals surface area contributed by atoms with E-state index in [1.165, 1.54) is 0 Å². The van der Waals surface area contributed by atoms with Crippen LogP contribution in [-0.4, -0.2) is 7.11 Å². The number of methoxy groups -OCH3 is 1. The maximum Gasteiger partial charge on any atom is 0.126 e. The molecule has 0 aliphatic rings. The smallest absolute Gasteiger partial charge is 0.126 e. The standard InChI is InChI=1S/C17H16O/c1-3-15(13-14-9-5-4-6-10-14)16-11-7-8-12-17(16)18-2/h3-13H,1H2,2H3/b15-13-. The Morgan fingerprint density at radius 2 is 1.67 bits per heavy atom. The Balaban J connectivity index is 2.46. The minimum absolute atomic E-state index is 0.861. The van der Waals surface area contributed by atoms with Crippen LogP contribution in [0.25, 0.3) is 11.6 Å². The van der Waals surface area contributed by atoms with E-state index in [0.717, 1.165) is 22.4 Å². The normalized spacial score (nSPS) is 11.1. The lowest BCUT2D eigenvalue weighted by Gasteiger charge is -2.09. The van der Waals surface area contributed by atoms with Gasteiger partial charge in [0.15, 0.2) is 0 Å². The second-order valence-electron chi connectivity index (χ2n) is 3.91. The Bertz CT molecular complexity index is 553. The molecule has 0 fully saturated rings. The summed E-state index contributed by atoms with van der Waals surface area (Å²) in [6.45, 7) is 3.89. The van der Waals surface area contributed by atoms with E-state index in [1.807, 2.05) is 48.5 Å². The first-order chi connectivity index (χ1) is 8.85. The maximum atomic E-state index is 5.38. The molecule has 2 rings (SSSR count). The van der Waals surface area contributed by atoms with Crippen LogP contribution in [-0.2, 0) is 0 Å². The lowest BCUT2D eigenvalue weighted by Crippen LogP contribution is -1.89. The average molecular weight is 236 g/mol. The van der Waals surface area contributed by atoms with Gasteiger partial charge in [-0.1, -0.05) is 61.2 Å². The molecular formula is C17H16O. The van der Waals surface area contributed by atoms with Crippen LogP contribution in [0.5, 0.6) is 5.75 Å². The predicted octanol–water partition coefficient (Wildman–Crippen LogP) is 4.42. The fourth-order valence-electron chi connectivity index (χ4n) is 1.86. The van der Waals surface area contributed by atoms with Crippen molar-refractivity contribution in [1.29, 1.82) is 0 Å². The summed E-state index contributed by atoms with van der Waals surface area (Å²) < 4.78 is 5.38. The second kappa shape index (κ2) is 5.87. The highest BCUT2D eigenvalue weighted by Crippen LogP contribution is 2.27. The first-order valence-electron chi connectivity index (χ1n) is 5.87. The number of hydrogen-bond donors (Lipinski definition) is 0. The van der Waals surface area contributed by atoms with Gasteiger partial charge in [-0.15, -0.1) is 0 Å². The topological polar surface area (TPSA) is 9.23 Å². The summed E-state index contributed by atoms with van der Waals surface area (Å²) in [5.41, 5.74) is 3.26. The summed E-state index contributed by atoms with van der Waals surface area (Å²) in [5, 5.41) is 0. The van der Waals surface area contributed by atoms with Crippen LogP contribution in [0.15, 0.2) is 67.3 Å². The summed E-state index contributed by atoms with van der Waals surface area (Å²) in [4.78, 5) is 0. The van der Waals surface area contributed by atoms with E-state index in [0.29, 0.717) is 0 Å². The van der Waals surface area contributed by atoms with Crippen molar-refractivity contribution in [2.24, 2.45) is 0 Å². The molecule has 18 heavy (non-hydrogen) atoms. The monoisotopic (exact) mass is 236 g/mol. The molecular weight excluding hydrogens is 220 g/mol. The van der Waals surface area contributed by atoms with Crippen molar-refractivity contribution in [1.82, 2.24) is 0 Å². The Morgan fingerprint density at radius 3 is 2.33 bits per heavy atom. The minimum atomic E-state index is 0.861. The van der Waals surface area contributed by atoms with Gasteiger partial charge in [0.25, 0.3) is 0 Å². The van der Waals surface area contributed by atoms with Crippen LogP contribution in [0.1, 0.15) is 11.1 Å². The van der Waals surface area contributed by atoms with E-state index < -0.39 is 0 Å². The van der Waals surface area contributed by atoms with E-state index in [4.69, 9.17) is 4.74 Å². The van der Waals surface area contributed by atoms with Gasteiger partial charge in [-0.05, 0) is 23.3 Å². The number of hydrogen-bond acceptors (Lipinski definition) is 1. The van der Waals surface area contributed by atoms with E-state index in [1.54, 1.807) is 7.11 Å². The van der Waals surface area contributed by atoms with Gasteiger partial charge in [-0.2, -0.15) is 0 Å². The van der Waals surface area contributed by atoms with Crippen LogP contribution in [0.2, 0.25) is 0 Å². The number of ether oxygens (including phenoxy) is 1. The van der Waals surface area contributed by atoms with Crippen molar-refractivity contribution in [2.75, 3.05) is 7.11 Å². The quantitative estimate of drug-likeness (QED) is 0.564. The third-order valence-electron chi connectivity index (χ3n) is 2.76. The lowest BCUT2D eigenvalue weighted by molar-refractivity contribution is 0.413. The zero-order valence-corrected chi connectivity index (χ0v) is 10.5. The summed E-state index contributed by atoms with van der Waals surface area (Å²) in [7, 11) is 1.68. The fourth-order valence-corrected chi connectivity index (χ4v) is 1.86. The third-order valence-corrected chi connectivity index (χ3v) is 2.76. The molecule has 0 amide bonds. The Kier molecular flexibility index (Phi) is 3.98. The van der Waals surface area contributed by atoms with Gasteiger partial charge in [-0.3, -0.25) is 0 Å². The van der Waals surface area contributed by atoms with Gasteiger partial charge in [0.1, 0.15) is 5.75 Å². The van der Waals surface area contributed by atoms with Crippen molar-refractivity contribution in [3.05, 3.63) is 78.4 Å². The molecule has 0 bridgehead atoms. The highest BCUT2D eigenvalue weighted by molar-refractivity contribution is 5.89. The highest BCUT2D eigenvalue weighted by atomic mass is 16.5. The first kappa shape index (κ1) is 12.2. The van der Waals surface area contributed by atoms with Crippen molar-refractivity contribution in [2.45, 2.75) is 0 Å². The zero-order valence-electron chi connectivity index (χ0n) is 10.5. The highest BCUT2D eigenvalue weighted by Gasteiger charge is 2.04. The van der Waals surface area contributed by atoms with Gasteiger partial charge in [-0.25, -0.2) is 0 Å². The van der Waals surface area contributed by atoms with Gasteiger partial charge in [0.2, 0.25) is 0 Å². The predicted molar refractivity (Wildman–Crippen MR) is 77.5 cm³/mol. The molecule has 2 aromatic rings. The molecule has 0 N–H and O–H groups in total. The average Bonchev–Trinajstić information content (AvgIpc) is 2.46. The molecule has 1 nitrogen and oxygen atoms in total. The Hall–Kier alpha value is -2.28. The summed E-state index contributed by atoms with van der Waals surface area (Å²) in [6, 6.07) is 18.1. The van der Waals surface area contributed by atoms with Crippen molar-refractivity contribution in [3.63, 3.8) is 0 Å². The zero-order chi connectivity index (χ0) is 12.8. The molecule has 0 spiro atoms. The van der Waals surface area contributed by atoms with Gasteiger partial charge in [0, 0.05) is 5.56 Å². The SMILES string of the molecule is C=C/C(=C/c1ccccc1)c1ccccc1OC. The van der Waals surface area contributed by atoms with E-state index >= 15 is 0 Å². The third kappa shape index (κ3) is 2.69. The van der Waals surface area contributed by atoms with Gasteiger partial charge >= 0.3 is 0 Å². The fraction of sp³-hybridized carbons (Fsp3) is 0.0588. The minimum Gasteiger partial charge on any atom is -0.496 e. The number of rotatable bonds is 4. The molecule has 0 aromatic heterocycles. The molecule has 0 aliphatic heterocycles. The maximum absolute atomic E-state index is 5.38. The molecule has 0 unspecified atom stereocenters. The molecule has 0 saturated carbocycles. The van der Waals surface area contributed by atoms with Crippen molar-refractivity contribution >= 4 is 11.6 Å². The van der Waals surface area contributed by atoms with Crippen molar-refractivity contribution < 1.29 is 4.74 Å². The van der Waals surface area contributed by atoms with E-state index in [-0.39, 0.29) is 0 Å². The van der Waals surface area contributed by atoms with Crippen LogP contribution >= 0.6 is 0 Å². The van der Waals surface area contributed by atoms with Crippen LogP contribution in [0.4, 0.5) is 0 Å². The second-order valence-corrected chi connectivity index (χ2v) is 3.91. The Labute approximate surface area is 108 Å². The van der Waals surface area contributed by atoms with Crippen LogP contribution in [0.3, 0.4) is 0 Å². The summed E-state index contributed by atoms with van der Waals surface area (Å²) in [6.07, 6.45) is 3.95. The molecule has 0 aliphatic carbocycles. The van der Waals surface area contributed by atoms with Gasteiger partial charge < -0.3 is 4.74 Å². The molecule has 1 heteroatoms. The number of para-hydroxylation sites is 1. The molecule has 2 aromatic carbocycles. The Morgan fingerprint density at radius 1 is 1.00 bits per heavy atom. The summed E-state index contributed by atoms with van der Waals surface area (Å²) in [5.74, 6) is 0.861. The lowest BCUT2D eigenvalue weighted by atomic mass is 10.0. The van der Waals surface area contributed by atoms with E-state index in [9.17, 15) is 0 Å². The van der Waals surface area contributed by atoms with Crippen LogP contribution < -0.4 is 4.74 Å². The molecule has 0 atom stereocenters. The van der Waals surface area contributed by atoms with E-state index in [2.05, 4.69) is 24.8 Å². The molecule has 0 saturated heterocycles. The summed E-state index contributed by atoms with van der Waals surface area (Å²) >= 11 is 0. The first-order valence-corrected chi connectivity index (χ1v) is 5.87. The number of benzene rings is 2. The van der Waals surface area contributed by atoms with Crippen molar-refractivity contribution in [3.8, 4) is 5.75 Å². The molecule has 0 radical (unpaired) electrons. The van der Waals surface area contributed by atoms with Crippen LogP contribution in [0, 0.1) is 0 Å². The molecule has 90 valence electrons. The van der Waals surface area contributed by atoms with Gasteiger partial charge in [0.05, 0.1) is 7.11 Å². The largest absolute Gasteiger partial charge is 0.496 e. The number of allylic oxidation sites excluding steroid dienone is 2. The molecule has 0 heterocycles.